The SMILES string of the molecule is Cc1nn(CC(C)C)c(C)c1CC(=O)Nc1ccc(-n2ccnc2)cc1. The number of imidazole rings is 1. The lowest BCUT2D eigenvalue weighted by atomic mass is 10.1. The Morgan fingerprint density at radius 2 is 1.92 bits per heavy atom. The minimum absolute atomic E-state index is 0.0318. The van der Waals surface area contributed by atoms with Crippen LogP contribution in [0.25, 0.3) is 5.69 Å². The number of hydrogen-bond donors (Lipinski definition) is 1. The van der Waals surface area contributed by atoms with E-state index in [9.17, 15) is 4.79 Å². The molecular weight excluding hydrogens is 326 g/mol. The highest BCUT2D eigenvalue weighted by molar-refractivity contribution is 5.92. The molecule has 1 amide bonds. The second kappa shape index (κ2) is 7.56. The summed E-state index contributed by atoms with van der Waals surface area (Å²) in [7, 11) is 0. The zero-order valence-electron chi connectivity index (χ0n) is 15.7. The molecule has 0 aliphatic rings. The molecule has 0 aliphatic heterocycles. The van der Waals surface area contributed by atoms with Gasteiger partial charge in [0.1, 0.15) is 0 Å². The minimum Gasteiger partial charge on any atom is -0.326 e. The summed E-state index contributed by atoms with van der Waals surface area (Å²) in [5.41, 5.74) is 4.79. The van der Waals surface area contributed by atoms with Crippen molar-refractivity contribution in [3.05, 3.63) is 59.9 Å². The fourth-order valence-electron chi connectivity index (χ4n) is 3.01. The Balaban J connectivity index is 1.67. The second-order valence-corrected chi connectivity index (χ2v) is 6.97. The van der Waals surface area contributed by atoms with Crippen LogP contribution in [-0.2, 0) is 17.8 Å². The van der Waals surface area contributed by atoms with Crippen molar-refractivity contribution >= 4 is 11.6 Å². The van der Waals surface area contributed by atoms with Gasteiger partial charge in [-0.05, 0) is 44.0 Å². The van der Waals surface area contributed by atoms with E-state index in [2.05, 4.69) is 29.2 Å². The lowest BCUT2D eigenvalue weighted by Gasteiger charge is -2.09. The number of nitrogens with zero attached hydrogens (tertiary/aromatic N) is 4. The smallest absolute Gasteiger partial charge is 0.228 e. The number of hydrogen-bond acceptors (Lipinski definition) is 3. The molecule has 0 radical (unpaired) electrons. The van der Waals surface area contributed by atoms with Crippen molar-refractivity contribution in [2.75, 3.05) is 5.32 Å². The van der Waals surface area contributed by atoms with Gasteiger partial charge in [0.2, 0.25) is 5.91 Å². The standard InChI is InChI=1S/C20H25N5O/c1-14(2)12-25-16(4)19(15(3)23-25)11-20(26)22-17-5-7-18(8-6-17)24-10-9-21-13-24/h5-10,13-14H,11-12H2,1-4H3,(H,22,26). The van der Waals surface area contributed by atoms with Crippen LogP contribution in [0.1, 0.15) is 30.8 Å². The van der Waals surface area contributed by atoms with Gasteiger partial charge in [0.05, 0.1) is 18.4 Å². The third kappa shape index (κ3) is 4.02. The number of carbonyl (C=O) groups is 1. The number of benzene rings is 1. The molecule has 0 saturated heterocycles. The van der Waals surface area contributed by atoms with Crippen LogP contribution in [0.5, 0.6) is 0 Å². The molecule has 0 fully saturated rings. The summed E-state index contributed by atoms with van der Waals surface area (Å²) in [4.78, 5) is 16.5. The van der Waals surface area contributed by atoms with Gasteiger partial charge in [-0.2, -0.15) is 5.10 Å². The molecule has 2 heterocycles. The summed E-state index contributed by atoms with van der Waals surface area (Å²) in [5.74, 6) is 0.486. The first-order valence-corrected chi connectivity index (χ1v) is 8.85. The van der Waals surface area contributed by atoms with Gasteiger partial charge >= 0.3 is 0 Å². The summed E-state index contributed by atoms with van der Waals surface area (Å²) in [6.07, 6.45) is 5.70. The summed E-state index contributed by atoms with van der Waals surface area (Å²) in [6, 6.07) is 7.70. The quantitative estimate of drug-likeness (QED) is 0.739. The van der Waals surface area contributed by atoms with E-state index in [4.69, 9.17) is 0 Å². The van der Waals surface area contributed by atoms with Crippen molar-refractivity contribution in [3.8, 4) is 5.69 Å². The molecule has 3 aromatic rings. The highest BCUT2D eigenvalue weighted by atomic mass is 16.1. The number of anilines is 1. The molecule has 0 unspecified atom stereocenters. The van der Waals surface area contributed by atoms with Crippen molar-refractivity contribution in [2.45, 2.75) is 40.7 Å². The van der Waals surface area contributed by atoms with E-state index in [0.29, 0.717) is 12.3 Å². The number of nitrogens with one attached hydrogen (secondary N) is 1. The molecule has 6 nitrogen and oxygen atoms in total. The molecule has 0 bridgehead atoms. The summed E-state index contributed by atoms with van der Waals surface area (Å²) in [6.45, 7) is 9.19. The van der Waals surface area contributed by atoms with E-state index in [1.54, 1.807) is 12.5 Å². The van der Waals surface area contributed by atoms with Crippen molar-refractivity contribution < 1.29 is 4.79 Å². The van der Waals surface area contributed by atoms with E-state index >= 15 is 0 Å². The average molecular weight is 351 g/mol. The molecule has 3 rings (SSSR count). The highest BCUT2D eigenvalue weighted by Crippen LogP contribution is 2.17. The van der Waals surface area contributed by atoms with Gasteiger partial charge in [-0.1, -0.05) is 13.8 Å². The zero-order chi connectivity index (χ0) is 18.7. The van der Waals surface area contributed by atoms with Gasteiger partial charge < -0.3 is 9.88 Å². The molecular formula is C20H25N5O. The molecule has 2 aromatic heterocycles. The lowest BCUT2D eigenvalue weighted by molar-refractivity contribution is -0.115. The van der Waals surface area contributed by atoms with Crippen LogP contribution in [-0.4, -0.2) is 25.2 Å². The highest BCUT2D eigenvalue weighted by Gasteiger charge is 2.15. The molecule has 0 saturated carbocycles. The second-order valence-electron chi connectivity index (χ2n) is 6.97. The first-order chi connectivity index (χ1) is 12.4. The first-order valence-electron chi connectivity index (χ1n) is 8.85. The maximum Gasteiger partial charge on any atom is 0.228 e. The molecule has 6 heteroatoms. The molecule has 136 valence electrons. The predicted octanol–water partition coefficient (Wildman–Crippen LogP) is 3.52. The van der Waals surface area contributed by atoms with Gasteiger partial charge in [-0.15, -0.1) is 0 Å². The van der Waals surface area contributed by atoms with Crippen molar-refractivity contribution in [2.24, 2.45) is 5.92 Å². The molecule has 1 aromatic carbocycles. The third-order valence-electron chi connectivity index (χ3n) is 4.36. The van der Waals surface area contributed by atoms with Crippen LogP contribution in [0.15, 0.2) is 43.0 Å². The van der Waals surface area contributed by atoms with Gasteiger partial charge in [0.25, 0.3) is 0 Å². The zero-order valence-corrected chi connectivity index (χ0v) is 15.7. The van der Waals surface area contributed by atoms with E-state index in [1.807, 2.05) is 53.6 Å². The fraction of sp³-hybridized carbons (Fsp3) is 0.350. The van der Waals surface area contributed by atoms with Crippen molar-refractivity contribution in [1.29, 1.82) is 0 Å². The van der Waals surface area contributed by atoms with E-state index in [0.717, 1.165) is 34.9 Å². The minimum atomic E-state index is -0.0318. The van der Waals surface area contributed by atoms with Gasteiger partial charge in [-0.25, -0.2) is 4.98 Å². The number of aryl methyl sites for hydroxylation is 1. The Labute approximate surface area is 153 Å². The summed E-state index contributed by atoms with van der Waals surface area (Å²) < 4.78 is 3.92. The molecule has 0 aliphatic carbocycles. The average Bonchev–Trinajstić information content (AvgIpc) is 3.20. The molecule has 0 atom stereocenters. The predicted molar refractivity (Wildman–Crippen MR) is 102 cm³/mol. The molecule has 26 heavy (non-hydrogen) atoms. The Bertz CT molecular complexity index is 876. The topological polar surface area (TPSA) is 64.7 Å². The Hall–Kier alpha value is -2.89. The van der Waals surface area contributed by atoms with Crippen LogP contribution in [0.3, 0.4) is 0 Å². The van der Waals surface area contributed by atoms with E-state index < -0.39 is 0 Å². The van der Waals surface area contributed by atoms with E-state index in [-0.39, 0.29) is 5.91 Å². The molecule has 0 spiro atoms. The lowest BCUT2D eigenvalue weighted by Crippen LogP contribution is -2.15. The fourth-order valence-corrected chi connectivity index (χ4v) is 3.01. The Morgan fingerprint density at radius 1 is 1.19 bits per heavy atom. The normalized spacial score (nSPS) is 11.1. The van der Waals surface area contributed by atoms with E-state index in [1.165, 1.54) is 0 Å². The van der Waals surface area contributed by atoms with Gasteiger partial charge in [0, 0.05) is 41.6 Å². The van der Waals surface area contributed by atoms with Crippen LogP contribution in [0, 0.1) is 19.8 Å². The molecule has 1 N–H and O–H groups in total. The number of amides is 1. The van der Waals surface area contributed by atoms with Crippen molar-refractivity contribution in [1.82, 2.24) is 19.3 Å². The maximum atomic E-state index is 12.5. The summed E-state index contributed by atoms with van der Waals surface area (Å²) >= 11 is 0. The number of aromatic nitrogens is 4. The first kappa shape index (κ1) is 17.9. The third-order valence-corrected chi connectivity index (χ3v) is 4.36. The largest absolute Gasteiger partial charge is 0.326 e. The van der Waals surface area contributed by atoms with Crippen molar-refractivity contribution in [3.63, 3.8) is 0 Å². The maximum absolute atomic E-state index is 12.5. The van der Waals surface area contributed by atoms with Crippen LogP contribution < -0.4 is 5.32 Å². The van der Waals surface area contributed by atoms with Crippen LogP contribution in [0.2, 0.25) is 0 Å². The number of rotatable bonds is 6. The van der Waals surface area contributed by atoms with Gasteiger partial charge in [0.15, 0.2) is 0 Å². The Kier molecular flexibility index (Phi) is 5.21. The monoisotopic (exact) mass is 351 g/mol. The van der Waals surface area contributed by atoms with Gasteiger partial charge in [-0.3, -0.25) is 9.48 Å². The van der Waals surface area contributed by atoms with Crippen LogP contribution >= 0.6 is 0 Å². The summed E-state index contributed by atoms with van der Waals surface area (Å²) in [5, 5.41) is 7.55. The van der Waals surface area contributed by atoms with Crippen LogP contribution in [0.4, 0.5) is 5.69 Å². The Morgan fingerprint density at radius 3 is 2.54 bits per heavy atom. The number of carbonyl (C=O) groups excluding carboxylic acids is 1.